The van der Waals surface area contributed by atoms with Crippen molar-refractivity contribution < 1.29 is 4.79 Å². The second-order valence-corrected chi connectivity index (χ2v) is 7.47. The van der Waals surface area contributed by atoms with E-state index in [0.29, 0.717) is 25.1 Å². The topological polar surface area (TPSA) is 67.2 Å². The zero-order chi connectivity index (χ0) is 20.5. The minimum Gasteiger partial charge on any atom is -0.355 e. The first-order chi connectivity index (χ1) is 13.9. The first kappa shape index (κ1) is 18.9. The molecule has 0 saturated carbocycles. The van der Waals surface area contributed by atoms with E-state index in [1.807, 2.05) is 36.4 Å². The van der Waals surface area contributed by atoms with Crippen LogP contribution in [0.25, 0.3) is 0 Å². The number of amides is 1. The van der Waals surface area contributed by atoms with Gasteiger partial charge in [0.05, 0.1) is 16.9 Å². The summed E-state index contributed by atoms with van der Waals surface area (Å²) in [6.07, 6.45) is 0.641. The van der Waals surface area contributed by atoms with Crippen LogP contribution in [-0.2, 0) is 20.0 Å². The molecular formula is C23H24N4O2. The quantitative estimate of drug-likeness (QED) is 0.747. The van der Waals surface area contributed by atoms with E-state index in [1.165, 1.54) is 10.2 Å². The van der Waals surface area contributed by atoms with Gasteiger partial charge in [-0.05, 0) is 43.2 Å². The monoisotopic (exact) mass is 388 g/mol. The summed E-state index contributed by atoms with van der Waals surface area (Å²) in [5.41, 5.74) is 6.29. The van der Waals surface area contributed by atoms with Gasteiger partial charge < -0.3 is 10.2 Å². The Kier molecular flexibility index (Phi) is 4.92. The van der Waals surface area contributed by atoms with Crippen molar-refractivity contribution in [2.45, 2.75) is 26.8 Å². The van der Waals surface area contributed by atoms with Gasteiger partial charge in [-0.15, -0.1) is 0 Å². The molecule has 1 aliphatic rings. The van der Waals surface area contributed by atoms with E-state index in [9.17, 15) is 9.59 Å². The normalized spacial score (nSPS) is 13.1. The van der Waals surface area contributed by atoms with E-state index in [2.05, 4.69) is 30.3 Å². The molecule has 2 aromatic carbocycles. The summed E-state index contributed by atoms with van der Waals surface area (Å²) in [4.78, 5) is 27.0. The Hall–Kier alpha value is -3.41. The van der Waals surface area contributed by atoms with E-state index in [4.69, 9.17) is 0 Å². The van der Waals surface area contributed by atoms with Crippen LogP contribution in [-0.4, -0.2) is 27.1 Å². The minimum atomic E-state index is -0.157. The van der Waals surface area contributed by atoms with Crippen LogP contribution in [0.5, 0.6) is 0 Å². The number of aromatic nitrogens is 2. The second-order valence-electron chi connectivity index (χ2n) is 7.47. The van der Waals surface area contributed by atoms with Crippen molar-refractivity contribution in [3.8, 4) is 0 Å². The highest BCUT2D eigenvalue weighted by Gasteiger charge is 2.25. The van der Waals surface area contributed by atoms with E-state index >= 15 is 0 Å². The molecule has 6 nitrogen and oxygen atoms in total. The number of carbonyl (C=O) groups is 1. The van der Waals surface area contributed by atoms with Crippen molar-refractivity contribution in [3.05, 3.63) is 86.8 Å². The molecule has 1 aromatic heterocycles. The average molecular weight is 388 g/mol. The highest BCUT2D eigenvalue weighted by Crippen LogP contribution is 2.27. The zero-order valence-corrected chi connectivity index (χ0v) is 16.9. The van der Waals surface area contributed by atoms with Gasteiger partial charge in [0.15, 0.2) is 0 Å². The van der Waals surface area contributed by atoms with Gasteiger partial charge in [-0.3, -0.25) is 9.59 Å². The first-order valence-corrected chi connectivity index (χ1v) is 9.71. The van der Waals surface area contributed by atoms with Crippen molar-refractivity contribution in [3.63, 3.8) is 0 Å². The maximum Gasteiger partial charge on any atom is 0.266 e. The molecule has 1 amide bonds. The van der Waals surface area contributed by atoms with Gasteiger partial charge in [0.1, 0.15) is 0 Å². The highest BCUT2D eigenvalue weighted by atomic mass is 16.2. The first-order valence-electron chi connectivity index (χ1n) is 9.71. The summed E-state index contributed by atoms with van der Waals surface area (Å²) < 4.78 is 1.35. The van der Waals surface area contributed by atoms with Crippen LogP contribution in [0.15, 0.2) is 53.3 Å². The molecule has 6 heteroatoms. The number of rotatable bonds is 3. The number of hydrogen-bond acceptors (Lipinski definition) is 4. The lowest BCUT2D eigenvalue weighted by atomic mass is 10.0. The Balaban J connectivity index is 1.62. The van der Waals surface area contributed by atoms with Gasteiger partial charge >= 0.3 is 0 Å². The van der Waals surface area contributed by atoms with Crippen molar-refractivity contribution in [2.24, 2.45) is 7.05 Å². The summed E-state index contributed by atoms with van der Waals surface area (Å²) in [7, 11) is 1.65. The fourth-order valence-corrected chi connectivity index (χ4v) is 3.65. The Morgan fingerprint density at radius 3 is 2.66 bits per heavy atom. The van der Waals surface area contributed by atoms with Gasteiger partial charge in [0.2, 0.25) is 0 Å². The Bertz CT molecular complexity index is 1150. The van der Waals surface area contributed by atoms with Crippen LogP contribution in [0.2, 0.25) is 0 Å². The molecule has 0 atom stereocenters. The van der Waals surface area contributed by atoms with Gasteiger partial charge in [-0.2, -0.15) is 5.10 Å². The van der Waals surface area contributed by atoms with Gasteiger partial charge in [-0.1, -0.05) is 24.3 Å². The molecule has 148 valence electrons. The lowest BCUT2D eigenvalue weighted by molar-refractivity contribution is 0.0733. The lowest BCUT2D eigenvalue weighted by Gasteiger charge is -2.29. The third-order valence-corrected chi connectivity index (χ3v) is 5.56. The maximum absolute atomic E-state index is 13.3. The molecule has 29 heavy (non-hydrogen) atoms. The standard InChI is InChI=1S/C23H24N4O2/c1-15-7-6-10-19(16(15)2)24-21-9-5-4-8-18(21)23(29)27-12-11-20-17(14-27)13-22(28)26(3)25-20/h4-10,13,24H,11-12,14H2,1-3H3. The van der Waals surface area contributed by atoms with Crippen LogP contribution in [0.3, 0.4) is 0 Å². The SMILES string of the molecule is Cc1cccc(Nc2ccccc2C(=O)N2CCc3nn(C)c(=O)cc3C2)c1C. The van der Waals surface area contributed by atoms with Crippen molar-refractivity contribution in [2.75, 3.05) is 11.9 Å². The number of anilines is 2. The van der Waals surface area contributed by atoms with Crippen LogP contribution in [0.4, 0.5) is 11.4 Å². The maximum atomic E-state index is 13.3. The highest BCUT2D eigenvalue weighted by molar-refractivity contribution is 6.00. The number of para-hydroxylation sites is 1. The van der Waals surface area contributed by atoms with Gasteiger partial charge in [0.25, 0.3) is 11.5 Å². The number of hydrogen-bond donors (Lipinski definition) is 1. The second kappa shape index (κ2) is 7.54. The fraction of sp³-hybridized carbons (Fsp3) is 0.261. The van der Waals surface area contributed by atoms with Gasteiger partial charge in [0, 0.05) is 43.9 Å². The van der Waals surface area contributed by atoms with E-state index < -0.39 is 0 Å². The summed E-state index contributed by atoms with van der Waals surface area (Å²) in [5.74, 6) is -0.0512. The van der Waals surface area contributed by atoms with Gasteiger partial charge in [-0.25, -0.2) is 4.68 Å². The molecule has 0 aliphatic carbocycles. The molecule has 0 bridgehead atoms. The van der Waals surface area contributed by atoms with Crippen LogP contribution < -0.4 is 10.9 Å². The van der Waals surface area contributed by atoms with E-state index in [0.717, 1.165) is 28.2 Å². The Labute approximate surface area is 169 Å². The number of nitrogens with one attached hydrogen (secondary N) is 1. The minimum absolute atomic E-state index is 0.0512. The number of fused-ring (bicyclic) bond motifs is 1. The van der Waals surface area contributed by atoms with E-state index in [-0.39, 0.29) is 11.5 Å². The molecule has 1 N–H and O–H groups in total. The lowest BCUT2D eigenvalue weighted by Crippen LogP contribution is -2.38. The van der Waals surface area contributed by atoms with Crippen molar-refractivity contribution in [1.82, 2.24) is 14.7 Å². The number of benzene rings is 2. The molecular weight excluding hydrogens is 364 g/mol. The summed E-state index contributed by atoms with van der Waals surface area (Å²) in [5, 5.41) is 7.75. The van der Waals surface area contributed by atoms with Crippen molar-refractivity contribution in [1.29, 1.82) is 0 Å². The molecule has 0 unspecified atom stereocenters. The third-order valence-electron chi connectivity index (χ3n) is 5.56. The van der Waals surface area contributed by atoms with Crippen LogP contribution in [0, 0.1) is 13.8 Å². The summed E-state index contributed by atoms with van der Waals surface area (Å²) in [6, 6.07) is 15.2. The Morgan fingerprint density at radius 2 is 1.83 bits per heavy atom. The zero-order valence-electron chi connectivity index (χ0n) is 16.9. The molecule has 4 rings (SSSR count). The third kappa shape index (κ3) is 3.66. The largest absolute Gasteiger partial charge is 0.355 e. The fourth-order valence-electron chi connectivity index (χ4n) is 3.65. The molecule has 0 saturated heterocycles. The molecule has 2 heterocycles. The predicted octanol–water partition coefficient (Wildman–Crippen LogP) is 3.34. The molecule has 1 aliphatic heterocycles. The number of nitrogens with zero attached hydrogens (tertiary/aromatic N) is 3. The molecule has 0 fully saturated rings. The number of carbonyl (C=O) groups excluding carboxylic acids is 1. The van der Waals surface area contributed by atoms with Crippen molar-refractivity contribution >= 4 is 17.3 Å². The van der Waals surface area contributed by atoms with E-state index in [1.54, 1.807) is 18.0 Å². The average Bonchev–Trinajstić information content (AvgIpc) is 2.72. The molecule has 3 aromatic rings. The van der Waals surface area contributed by atoms with Crippen LogP contribution in [0.1, 0.15) is 32.7 Å². The predicted molar refractivity (Wildman–Crippen MR) is 114 cm³/mol. The summed E-state index contributed by atoms with van der Waals surface area (Å²) >= 11 is 0. The Morgan fingerprint density at radius 1 is 1.07 bits per heavy atom. The number of aryl methyl sites for hydroxylation is 2. The molecule has 0 spiro atoms. The van der Waals surface area contributed by atoms with Crippen LogP contribution >= 0.6 is 0 Å². The molecule has 0 radical (unpaired) electrons. The smallest absolute Gasteiger partial charge is 0.266 e. The summed E-state index contributed by atoms with van der Waals surface area (Å²) in [6.45, 7) is 5.11.